The molecule has 0 unspecified atom stereocenters. The third-order valence-electron chi connectivity index (χ3n) is 3.83. The molecule has 5 nitrogen and oxygen atoms in total. The molecule has 1 aromatic carbocycles. The van der Waals surface area contributed by atoms with E-state index in [1.54, 1.807) is 14.1 Å². The van der Waals surface area contributed by atoms with Crippen molar-refractivity contribution in [3.63, 3.8) is 0 Å². The predicted molar refractivity (Wildman–Crippen MR) is 89.9 cm³/mol. The number of fused-ring (bicyclic) bond motifs is 1. The van der Waals surface area contributed by atoms with Gasteiger partial charge in [-0.3, -0.25) is 0 Å². The molecular formula is C17H19N3O2S. The van der Waals surface area contributed by atoms with Crippen molar-refractivity contribution >= 4 is 10.2 Å². The van der Waals surface area contributed by atoms with Crippen LogP contribution in [-0.4, -0.2) is 42.2 Å². The lowest BCUT2D eigenvalue weighted by Crippen LogP contribution is -2.43. The van der Waals surface area contributed by atoms with Crippen molar-refractivity contribution in [2.75, 3.05) is 20.6 Å². The molecule has 0 saturated heterocycles. The molecule has 2 heterocycles. The fourth-order valence-electron chi connectivity index (χ4n) is 2.54. The van der Waals surface area contributed by atoms with E-state index in [2.05, 4.69) is 16.4 Å². The van der Waals surface area contributed by atoms with Crippen LogP contribution in [0.1, 0.15) is 16.8 Å². The molecule has 0 aliphatic carbocycles. The number of benzene rings is 1. The van der Waals surface area contributed by atoms with Crippen molar-refractivity contribution in [1.29, 1.82) is 0 Å². The van der Waals surface area contributed by atoms with Gasteiger partial charge in [-0.15, -0.1) is 0 Å². The molecule has 120 valence electrons. The van der Waals surface area contributed by atoms with E-state index in [0.717, 1.165) is 16.8 Å². The van der Waals surface area contributed by atoms with Crippen molar-refractivity contribution in [2.45, 2.75) is 13.1 Å². The highest BCUT2D eigenvalue weighted by Crippen LogP contribution is 2.19. The maximum Gasteiger partial charge on any atom is 0.281 e. The van der Waals surface area contributed by atoms with Gasteiger partial charge in [0, 0.05) is 50.2 Å². The Morgan fingerprint density at radius 1 is 1.04 bits per heavy atom. The second-order valence-corrected chi connectivity index (χ2v) is 7.80. The third kappa shape index (κ3) is 3.32. The number of hydrogen-bond donors (Lipinski definition) is 0. The van der Waals surface area contributed by atoms with Gasteiger partial charge >= 0.3 is 0 Å². The molecule has 2 aromatic rings. The van der Waals surface area contributed by atoms with Crippen molar-refractivity contribution < 1.29 is 8.42 Å². The van der Waals surface area contributed by atoms with Crippen LogP contribution in [0.2, 0.25) is 0 Å². The van der Waals surface area contributed by atoms with Gasteiger partial charge in [0.25, 0.3) is 10.2 Å². The summed E-state index contributed by atoms with van der Waals surface area (Å²) < 4.78 is 29.3. The summed E-state index contributed by atoms with van der Waals surface area (Å²) in [6.07, 6.45) is 1.99. The maximum atomic E-state index is 12.2. The molecule has 6 heteroatoms. The highest BCUT2D eigenvalue weighted by Gasteiger charge is 2.28. The summed E-state index contributed by atoms with van der Waals surface area (Å²) in [5, 5.41) is 0. The fraction of sp³-hybridized carbons (Fsp3) is 0.294. The highest BCUT2D eigenvalue weighted by atomic mass is 32.2. The normalized spacial score (nSPS) is 15.1. The van der Waals surface area contributed by atoms with Gasteiger partial charge in [0.1, 0.15) is 0 Å². The van der Waals surface area contributed by atoms with Crippen LogP contribution in [0.25, 0.3) is 0 Å². The van der Waals surface area contributed by atoms with Gasteiger partial charge in [0.15, 0.2) is 0 Å². The number of rotatable bonds is 2. The molecule has 0 spiro atoms. The number of aromatic nitrogens is 1. The first-order valence-corrected chi connectivity index (χ1v) is 8.80. The predicted octanol–water partition coefficient (Wildman–Crippen LogP) is 1.51. The zero-order valence-electron chi connectivity index (χ0n) is 13.2. The Bertz CT molecular complexity index is 858. The SMILES string of the molecule is CN(C)S(=O)(=O)N1CCn2cc(C#Cc3ccccc3)cc2C1. The molecule has 3 rings (SSSR count). The number of hydrogen-bond acceptors (Lipinski definition) is 2. The molecule has 1 aliphatic heterocycles. The van der Waals surface area contributed by atoms with E-state index in [4.69, 9.17) is 0 Å². The lowest BCUT2D eigenvalue weighted by Gasteiger charge is -2.29. The van der Waals surface area contributed by atoms with Crippen molar-refractivity contribution in [3.8, 4) is 11.8 Å². The largest absolute Gasteiger partial charge is 0.348 e. The lowest BCUT2D eigenvalue weighted by molar-refractivity contribution is 0.320. The van der Waals surface area contributed by atoms with Crippen LogP contribution in [-0.2, 0) is 23.3 Å². The van der Waals surface area contributed by atoms with Crippen molar-refractivity contribution in [1.82, 2.24) is 13.2 Å². The van der Waals surface area contributed by atoms with Gasteiger partial charge in [-0.25, -0.2) is 0 Å². The van der Waals surface area contributed by atoms with E-state index < -0.39 is 10.2 Å². The Balaban J connectivity index is 1.81. The average molecular weight is 329 g/mol. The smallest absolute Gasteiger partial charge is 0.281 e. The summed E-state index contributed by atoms with van der Waals surface area (Å²) in [7, 11) is -0.261. The first-order valence-electron chi connectivity index (χ1n) is 7.40. The van der Waals surface area contributed by atoms with Crippen LogP contribution >= 0.6 is 0 Å². The first-order chi connectivity index (χ1) is 11.0. The molecule has 0 radical (unpaired) electrons. The molecule has 0 bridgehead atoms. The number of nitrogens with zero attached hydrogens (tertiary/aromatic N) is 3. The minimum absolute atomic E-state index is 0.382. The van der Waals surface area contributed by atoms with Gasteiger partial charge in [0.2, 0.25) is 0 Å². The highest BCUT2D eigenvalue weighted by molar-refractivity contribution is 7.86. The fourth-order valence-corrected chi connectivity index (χ4v) is 3.61. The van der Waals surface area contributed by atoms with Crippen molar-refractivity contribution in [2.24, 2.45) is 0 Å². The molecule has 23 heavy (non-hydrogen) atoms. The second kappa shape index (κ2) is 6.20. The summed E-state index contributed by atoms with van der Waals surface area (Å²) in [6, 6.07) is 11.8. The van der Waals surface area contributed by atoms with E-state index in [9.17, 15) is 8.42 Å². The van der Waals surface area contributed by atoms with Gasteiger partial charge in [0.05, 0.1) is 6.54 Å². The van der Waals surface area contributed by atoms with Crippen LogP contribution in [0.5, 0.6) is 0 Å². The Labute approximate surface area is 137 Å². The first kappa shape index (κ1) is 15.8. The molecule has 1 aliphatic rings. The quantitative estimate of drug-likeness (QED) is 0.784. The Kier molecular flexibility index (Phi) is 4.26. The Hall–Kier alpha value is -2.07. The molecule has 1 aromatic heterocycles. The lowest BCUT2D eigenvalue weighted by atomic mass is 10.2. The van der Waals surface area contributed by atoms with Crippen LogP contribution < -0.4 is 0 Å². The molecule has 0 saturated carbocycles. The van der Waals surface area contributed by atoms with Crippen LogP contribution in [0.15, 0.2) is 42.6 Å². The van der Waals surface area contributed by atoms with E-state index in [-0.39, 0.29) is 0 Å². The zero-order chi connectivity index (χ0) is 16.4. The van der Waals surface area contributed by atoms with Gasteiger partial charge in [-0.1, -0.05) is 30.0 Å². The minimum atomic E-state index is -3.37. The van der Waals surface area contributed by atoms with Gasteiger partial charge in [-0.05, 0) is 18.2 Å². The minimum Gasteiger partial charge on any atom is -0.348 e. The molecule has 0 amide bonds. The summed E-state index contributed by atoms with van der Waals surface area (Å²) in [5.74, 6) is 6.27. The van der Waals surface area contributed by atoms with E-state index in [1.807, 2.05) is 42.6 Å². The van der Waals surface area contributed by atoms with Crippen molar-refractivity contribution in [3.05, 3.63) is 59.4 Å². The summed E-state index contributed by atoms with van der Waals surface area (Å²) in [5.41, 5.74) is 2.85. The summed E-state index contributed by atoms with van der Waals surface area (Å²) in [6.45, 7) is 1.51. The summed E-state index contributed by atoms with van der Waals surface area (Å²) >= 11 is 0. The van der Waals surface area contributed by atoms with Crippen LogP contribution in [0.4, 0.5) is 0 Å². The topological polar surface area (TPSA) is 45.6 Å². The zero-order valence-corrected chi connectivity index (χ0v) is 14.0. The second-order valence-electron chi connectivity index (χ2n) is 5.65. The average Bonchev–Trinajstić information content (AvgIpc) is 2.95. The van der Waals surface area contributed by atoms with Gasteiger partial charge in [-0.2, -0.15) is 17.0 Å². The maximum absolute atomic E-state index is 12.2. The molecule has 0 atom stereocenters. The van der Waals surface area contributed by atoms with Crippen LogP contribution in [0.3, 0.4) is 0 Å². The Morgan fingerprint density at radius 2 is 1.74 bits per heavy atom. The molecular weight excluding hydrogens is 310 g/mol. The Morgan fingerprint density at radius 3 is 2.43 bits per heavy atom. The van der Waals surface area contributed by atoms with E-state index in [1.165, 1.54) is 8.61 Å². The molecule has 0 fully saturated rings. The van der Waals surface area contributed by atoms with Gasteiger partial charge < -0.3 is 4.57 Å². The molecule has 0 N–H and O–H groups in total. The van der Waals surface area contributed by atoms with E-state index in [0.29, 0.717) is 19.6 Å². The standard InChI is InChI=1S/C17H19N3O2S/c1-18(2)23(21,22)20-11-10-19-13-16(12-17(19)14-20)9-8-15-6-4-3-5-7-15/h3-7,12-13H,10-11,14H2,1-2H3. The monoisotopic (exact) mass is 329 g/mol. The van der Waals surface area contributed by atoms with Crippen LogP contribution in [0, 0.1) is 11.8 Å². The summed E-state index contributed by atoms with van der Waals surface area (Å²) in [4.78, 5) is 0. The van der Waals surface area contributed by atoms with E-state index >= 15 is 0 Å². The third-order valence-corrected chi connectivity index (χ3v) is 5.71.